The van der Waals surface area contributed by atoms with Crippen molar-refractivity contribution in [3.05, 3.63) is 34.7 Å². The highest BCUT2D eigenvalue weighted by atomic mass is 16.3. The lowest BCUT2D eigenvalue weighted by Gasteiger charge is -2.16. The second-order valence-electron chi connectivity index (χ2n) is 3.32. The van der Waals surface area contributed by atoms with Crippen LogP contribution in [0, 0.1) is 4.91 Å². The average molecular weight is 178 g/mol. The molecule has 0 aliphatic heterocycles. The van der Waals surface area contributed by atoms with Gasteiger partial charge in [0.25, 0.3) is 0 Å². The third-order valence-corrected chi connectivity index (χ3v) is 2.03. The molecule has 0 spiro atoms. The second kappa shape index (κ2) is 4.03. The largest absolute Gasteiger partial charge is 0.232 e. The van der Waals surface area contributed by atoms with Crippen LogP contribution in [0.4, 0.5) is 5.69 Å². The van der Waals surface area contributed by atoms with Crippen molar-refractivity contribution in [2.24, 2.45) is 5.29 Å². The van der Waals surface area contributed by atoms with Gasteiger partial charge in [-0.1, -0.05) is 32.0 Å². The van der Waals surface area contributed by atoms with E-state index in [-0.39, 0.29) is 0 Å². The Balaban J connectivity index is 3.11. The number of para-hydroxylation sites is 1. The van der Waals surface area contributed by atoms with Crippen molar-refractivity contribution in [3.8, 4) is 0 Å². The summed E-state index contributed by atoms with van der Waals surface area (Å²) in [5.74, 6) is 0.403. The molecule has 0 bridgehead atoms. The van der Waals surface area contributed by atoms with Crippen molar-refractivity contribution in [2.45, 2.75) is 19.8 Å². The van der Waals surface area contributed by atoms with Crippen LogP contribution >= 0.6 is 0 Å². The highest BCUT2D eigenvalue weighted by Gasteiger charge is 2.08. The zero-order chi connectivity index (χ0) is 9.84. The molecule has 0 aliphatic rings. The van der Waals surface area contributed by atoms with Crippen LogP contribution in [-0.4, -0.2) is 7.05 Å². The smallest absolute Gasteiger partial charge is 0.0657 e. The molecular formula is C10H14N2O. The maximum absolute atomic E-state index is 10.4. The molecule has 1 rings (SSSR count). The molecule has 0 saturated heterocycles. The van der Waals surface area contributed by atoms with Crippen molar-refractivity contribution >= 4 is 5.69 Å². The lowest BCUT2D eigenvalue weighted by Crippen LogP contribution is -2.09. The van der Waals surface area contributed by atoms with E-state index in [0.717, 1.165) is 11.3 Å². The summed E-state index contributed by atoms with van der Waals surface area (Å²) in [7, 11) is 1.66. The van der Waals surface area contributed by atoms with Crippen LogP contribution in [0.15, 0.2) is 29.6 Å². The first kappa shape index (κ1) is 9.71. The van der Waals surface area contributed by atoms with Crippen molar-refractivity contribution in [1.29, 1.82) is 0 Å². The minimum atomic E-state index is 0.403. The minimum absolute atomic E-state index is 0.403. The molecule has 0 aromatic heterocycles. The summed E-state index contributed by atoms with van der Waals surface area (Å²) in [5, 5.41) is 4.24. The standard InChI is InChI=1S/C10H14N2O/c1-8(2)9-6-4-5-7-10(9)12(3)11-13/h4-8H,1-3H3. The molecule has 0 N–H and O–H groups in total. The summed E-state index contributed by atoms with van der Waals surface area (Å²) in [4.78, 5) is 10.4. The number of nitroso groups, excluding NO2 is 1. The van der Waals surface area contributed by atoms with Gasteiger partial charge in [0, 0.05) is 7.05 Å². The van der Waals surface area contributed by atoms with Gasteiger partial charge in [0.05, 0.1) is 11.0 Å². The first-order valence-corrected chi connectivity index (χ1v) is 4.32. The van der Waals surface area contributed by atoms with Crippen LogP contribution in [0.1, 0.15) is 25.3 Å². The van der Waals surface area contributed by atoms with E-state index in [1.54, 1.807) is 7.05 Å². The normalized spacial score (nSPS) is 10.2. The average Bonchev–Trinajstić information content (AvgIpc) is 2.16. The number of hydrogen-bond acceptors (Lipinski definition) is 2. The lowest BCUT2D eigenvalue weighted by molar-refractivity contribution is 0.850. The van der Waals surface area contributed by atoms with Gasteiger partial charge in [-0.2, -0.15) is 0 Å². The van der Waals surface area contributed by atoms with E-state index in [9.17, 15) is 4.91 Å². The topological polar surface area (TPSA) is 32.7 Å². The van der Waals surface area contributed by atoms with Crippen LogP contribution in [-0.2, 0) is 0 Å². The monoisotopic (exact) mass is 178 g/mol. The summed E-state index contributed by atoms with van der Waals surface area (Å²) in [6.45, 7) is 4.19. The van der Waals surface area contributed by atoms with Crippen molar-refractivity contribution < 1.29 is 0 Å². The van der Waals surface area contributed by atoms with E-state index >= 15 is 0 Å². The van der Waals surface area contributed by atoms with Crippen molar-refractivity contribution in [1.82, 2.24) is 0 Å². The maximum Gasteiger partial charge on any atom is 0.0657 e. The molecular weight excluding hydrogens is 164 g/mol. The van der Waals surface area contributed by atoms with E-state index in [4.69, 9.17) is 0 Å². The van der Waals surface area contributed by atoms with Gasteiger partial charge in [-0.15, -0.1) is 4.91 Å². The summed E-state index contributed by atoms with van der Waals surface area (Å²) >= 11 is 0. The second-order valence-corrected chi connectivity index (χ2v) is 3.32. The first-order chi connectivity index (χ1) is 6.16. The number of benzene rings is 1. The molecule has 0 radical (unpaired) electrons. The van der Waals surface area contributed by atoms with E-state index in [2.05, 4.69) is 19.1 Å². The van der Waals surface area contributed by atoms with Gasteiger partial charge < -0.3 is 0 Å². The van der Waals surface area contributed by atoms with E-state index in [1.807, 2.05) is 24.3 Å². The number of nitrogens with zero attached hydrogens (tertiary/aromatic N) is 2. The Hall–Kier alpha value is -1.38. The summed E-state index contributed by atoms with van der Waals surface area (Å²) in [6, 6.07) is 7.79. The molecule has 13 heavy (non-hydrogen) atoms. The fourth-order valence-corrected chi connectivity index (χ4v) is 1.31. The Kier molecular flexibility index (Phi) is 3.01. The molecule has 70 valence electrons. The fourth-order valence-electron chi connectivity index (χ4n) is 1.31. The van der Waals surface area contributed by atoms with Crippen LogP contribution < -0.4 is 5.01 Å². The van der Waals surface area contributed by atoms with Gasteiger partial charge in [0.15, 0.2) is 0 Å². The lowest BCUT2D eigenvalue weighted by atomic mass is 10.0. The molecule has 0 amide bonds. The predicted molar refractivity (Wildman–Crippen MR) is 54.7 cm³/mol. The van der Waals surface area contributed by atoms with E-state index in [1.165, 1.54) is 5.01 Å². The van der Waals surface area contributed by atoms with Gasteiger partial charge in [0.2, 0.25) is 0 Å². The van der Waals surface area contributed by atoms with E-state index < -0.39 is 0 Å². The SMILES string of the molecule is CC(C)c1ccccc1N(C)N=O. The quantitative estimate of drug-likeness (QED) is 0.526. The van der Waals surface area contributed by atoms with Crippen LogP contribution in [0.25, 0.3) is 0 Å². The van der Waals surface area contributed by atoms with E-state index in [0.29, 0.717) is 5.92 Å². The van der Waals surface area contributed by atoms with Crippen LogP contribution in [0.2, 0.25) is 0 Å². The number of hydrogen-bond donors (Lipinski definition) is 0. The predicted octanol–water partition coefficient (Wildman–Crippen LogP) is 2.93. The third-order valence-electron chi connectivity index (χ3n) is 2.03. The van der Waals surface area contributed by atoms with Gasteiger partial charge in [-0.05, 0) is 17.5 Å². The highest BCUT2D eigenvalue weighted by molar-refractivity contribution is 5.53. The van der Waals surface area contributed by atoms with Gasteiger partial charge in [-0.25, -0.2) is 5.01 Å². The Labute approximate surface area is 78.3 Å². The molecule has 0 saturated carbocycles. The Morgan fingerprint density at radius 3 is 2.46 bits per heavy atom. The van der Waals surface area contributed by atoms with Crippen LogP contribution in [0.5, 0.6) is 0 Å². The number of anilines is 1. The van der Waals surface area contributed by atoms with Gasteiger partial charge in [-0.3, -0.25) is 0 Å². The van der Waals surface area contributed by atoms with Gasteiger partial charge >= 0.3 is 0 Å². The maximum atomic E-state index is 10.4. The first-order valence-electron chi connectivity index (χ1n) is 4.32. The Morgan fingerprint density at radius 1 is 1.31 bits per heavy atom. The summed E-state index contributed by atoms with van der Waals surface area (Å²) in [5.41, 5.74) is 2.03. The molecule has 0 fully saturated rings. The molecule has 3 heteroatoms. The van der Waals surface area contributed by atoms with Crippen molar-refractivity contribution in [3.63, 3.8) is 0 Å². The molecule has 1 aromatic carbocycles. The zero-order valence-corrected chi connectivity index (χ0v) is 8.19. The molecule has 0 aliphatic carbocycles. The number of rotatable bonds is 3. The molecule has 0 unspecified atom stereocenters. The Morgan fingerprint density at radius 2 is 1.92 bits per heavy atom. The minimum Gasteiger partial charge on any atom is -0.232 e. The zero-order valence-electron chi connectivity index (χ0n) is 8.19. The highest BCUT2D eigenvalue weighted by Crippen LogP contribution is 2.26. The molecule has 0 atom stereocenters. The Bertz CT molecular complexity index is 297. The van der Waals surface area contributed by atoms with Gasteiger partial charge in [0.1, 0.15) is 0 Å². The summed E-state index contributed by atoms with van der Waals surface area (Å²) in [6.07, 6.45) is 0. The summed E-state index contributed by atoms with van der Waals surface area (Å²) < 4.78 is 0. The third kappa shape index (κ3) is 2.05. The van der Waals surface area contributed by atoms with Crippen molar-refractivity contribution in [2.75, 3.05) is 12.1 Å². The molecule has 3 nitrogen and oxygen atoms in total. The molecule has 0 heterocycles. The van der Waals surface area contributed by atoms with Crippen LogP contribution in [0.3, 0.4) is 0 Å². The fraction of sp³-hybridized carbons (Fsp3) is 0.400. The molecule has 1 aromatic rings.